The lowest BCUT2D eigenvalue weighted by atomic mass is 10.4. The Bertz CT molecular complexity index is 350. The van der Waals surface area contributed by atoms with E-state index in [1.165, 1.54) is 0 Å². The van der Waals surface area contributed by atoms with Gasteiger partial charge in [0.2, 0.25) is 5.91 Å². The summed E-state index contributed by atoms with van der Waals surface area (Å²) in [4.78, 5) is 13.3. The van der Waals surface area contributed by atoms with E-state index in [1.807, 2.05) is 17.8 Å². The molecule has 14 heavy (non-hydrogen) atoms. The summed E-state index contributed by atoms with van der Waals surface area (Å²) >= 11 is 4.30. The van der Waals surface area contributed by atoms with Crippen molar-refractivity contribution in [1.29, 1.82) is 0 Å². The molecule has 1 aliphatic heterocycles. The normalized spacial score (nSPS) is 22.0. The molecule has 0 N–H and O–H groups in total. The van der Waals surface area contributed by atoms with Crippen molar-refractivity contribution in [3.05, 3.63) is 12.4 Å². The molecule has 1 aliphatic rings. The average molecular weight is 211 g/mol. The van der Waals surface area contributed by atoms with Gasteiger partial charge < -0.3 is 4.90 Å². The van der Waals surface area contributed by atoms with Crippen LogP contribution in [0.5, 0.6) is 0 Å². The molecule has 5 heteroatoms. The first-order chi connectivity index (χ1) is 6.70. The average Bonchev–Trinajstić information content (AvgIpc) is 2.71. The first-order valence-corrected chi connectivity index (χ1v) is 5.23. The molecule has 4 nitrogen and oxygen atoms in total. The molecule has 0 radical (unpaired) electrons. The molecule has 2 rings (SSSR count). The van der Waals surface area contributed by atoms with E-state index in [9.17, 15) is 4.79 Å². The highest BCUT2D eigenvalue weighted by Gasteiger charge is 2.28. The second-order valence-corrected chi connectivity index (χ2v) is 4.15. The number of rotatable bonds is 2. The Hall–Kier alpha value is -0.970. The number of carbonyl (C=O) groups excluding carboxylic acids is 1. The fourth-order valence-electron chi connectivity index (χ4n) is 1.60. The number of hydrogen-bond acceptors (Lipinski definition) is 3. The van der Waals surface area contributed by atoms with Crippen LogP contribution in [0, 0.1) is 0 Å². The fourth-order valence-corrected chi connectivity index (χ4v) is 1.92. The van der Waals surface area contributed by atoms with Gasteiger partial charge in [0.15, 0.2) is 0 Å². The van der Waals surface area contributed by atoms with Gasteiger partial charge in [-0.05, 0) is 6.92 Å². The lowest BCUT2D eigenvalue weighted by Crippen LogP contribution is -2.24. The number of carbonyl (C=O) groups is 1. The summed E-state index contributed by atoms with van der Waals surface area (Å²) in [5.74, 6) is 0.139. The zero-order chi connectivity index (χ0) is 10.1. The standard InChI is InChI=1S/C9H13N3OS/c1-2-11-5-7(4-10-11)12-6-8(14)3-9(12)13/h4-5,8,14H,2-3,6H2,1H3. The molecule has 2 heterocycles. The second-order valence-electron chi connectivity index (χ2n) is 3.42. The van der Waals surface area contributed by atoms with E-state index in [2.05, 4.69) is 17.7 Å². The van der Waals surface area contributed by atoms with E-state index in [1.54, 1.807) is 11.1 Å². The molecule has 1 amide bonds. The monoisotopic (exact) mass is 211 g/mol. The number of amides is 1. The van der Waals surface area contributed by atoms with Crippen LogP contribution in [0.4, 0.5) is 5.69 Å². The third-order valence-electron chi connectivity index (χ3n) is 2.36. The van der Waals surface area contributed by atoms with Gasteiger partial charge in [0, 0.05) is 31.0 Å². The van der Waals surface area contributed by atoms with Gasteiger partial charge in [-0.15, -0.1) is 0 Å². The van der Waals surface area contributed by atoms with Gasteiger partial charge in [0.05, 0.1) is 11.9 Å². The fraction of sp³-hybridized carbons (Fsp3) is 0.556. The highest BCUT2D eigenvalue weighted by molar-refractivity contribution is 7.81. The van der Waals surface area contributed by atoms with E-state index in [4.69, 9.17) is 0 Å². The Morgan fingerprint density at radius 3 is 3.00 bits per heavy atom. The summed E-state index contributed by atoms with van der Waals surface area (Å²) in [6.07, 6.45) is 4.15. The van der Waals surface area contributed by atoms with Gasteiger partial charge in [-0.3, -0.25) is 9.48 Å². The first-order valence-electron chi connectivity index (χ1n) is 4.71. The largest absolute Gasteiger partial charge is 0.308 e. The maximum Gasteiger partial charge on any atom is 0.228 e. The molecule has 76 valence electrons. The van der Waals surface area contributed by atoms with Crippen LogP contribution in [-0.4, -0.2) is 27.5 Å². The SMILES string of the molecule is CCn1cc(N2CC(S)CC2=O)cn1. The minimum atomic E-state index is 0.139. The number of anilines is 1. The molecule has 0 aliphatic carbocycles. The third kappa shape index (κ3) is 1.64. The molecule has 1 saturated heterocycles. The molecule has 0 saturated carbocycles. The Morgan fingerprint density at radius 2 is 2.50 bits per heavy atom. The molecule has 1 atom stereocenters. The summed E-state index contributed by atoms with van der Waals surface area (Å²) in [5.41, 5.74) is 0.883. The van der Waals surface area contributed by atoms with Crippen molar-refractivity contribution in [3.8, 4) is 0 Å². The van der Waals surface area contributed by atoms with Crippen molar-refractivity contribution >= 4 is 24.2 Å². The lowest BCUT2D eigenvalue weighted by molar-refractivity contribution is -0.117. The van der Waals surface area contributed by atoms with Crippen LogP contribution in [0.25, 0.3) is 0 Å². The summed E-state index contributed by atoms with van der Waals surface area (Å²) < 4.78 is 1.81. The zero-order valence-electron chi connectivity index (χ0n) is 8.05. The quantitative estimate of drug-likeness (QED) is 0.739. The predicted octanol–water partition coefficient (Wildman–Crippen LogP) is 0.938. The smallest absolute Gasteiger partial charge is 0.228 e. The Balaban J connectivity index is 2.18. The molecule has 0 aromatic carbocycles. The van der Waals surface area contributed by atoms with Crippen LogP contribution in [0.15, 0.2) is 12.4 Å². The molecular formula is C9H13N3OS. The molecule has 1 fully saturated rings. The van der Waals surface area contributed by atoms with Gasteiger partial charge in [-0.25, -0.2) is 0 Å². The van der Waals surface area contributed by atoms with Gasteiger partial charge in [-0.1, -0.05) is 0 Å². The van der Waals surface area contributed by atoms with Crippen LogP contribution in [0.1, 0.15) is 13.3 Å². The topological polar surface area (TPSA) is 38.1 Å². The maximum absolute atomic E-state index is 11.5. The Labute approximate surface area is 88.3 Å². The highest BCUT2D eigenvalue weighted by atomic mass is 32.1. The minimum absolute atomic E-state index is 0.139. The van der Waals surface area contributed by atoms with Gasteiger partial charge >= 0.3 is 0 Å². The maximum atomic E-state index is 11.5. The van der Waals surface area contributed by atoms with Crippen LogP contribution < -0.4 is 4.90 Å². The predicted molar refractivity (Wildman–Crippen MR) is 57.6 cm³/mol. The molecule has 0 spiro atoms. The van der Waals surface area contributed by atoms with Crippen molar-refractivity contribution in [2.45, 2.75) is 25.1 Å². The van der Waals surface area contributed by atoms with Gasteiger partial charge in [0.1, 0.15) is 0 Å². The van der Waals surface area contributed by atoms with Crippen LogP contribution >= 0.6 is 12.6 Å². The Kier molecular flexibility index (Phi) is 2.50. The van der Waals surface area contributed by atoms with Crippen molar-refractivity contribution in [2.75, 3.05) is 11.4 Å². The van der Waals surface area contributed by atoms with E-state index in [-0.39, 0.29) is 11.2 Å². The number of aryl methyl sites for hydroxylation is 1. The van der Waals surface area contributed by atoms with E-state index in [0.29, 0.717) is 13.0 Å². The molecule has 1 aromatic heterocycles. The highest BCUT2D eigenvalue weighted by Crippen LogP contribution is 2.23. The van der Waals surface area contributed by atoms with Gasteiger partial charge in [-0.2, -0.15) is 17.7 Å². The Morgan fingerprint density at radius 1 is 1.71 bits per heavy atom. The summed E-state index contributed by atoms with van der Waals surface area (Å²) in [7, 11) is 0. The van der Waals surface area contributed by atoms with Gasteiger partial charge in [0.25, 0.3) is 0 Å². The van der Waals surface area contributed by atoms with Crippen molar-refractivity contribution < 1.29 is 4.79 Å². The number of thiol groups is 1. The van der Waals surface area contributed by atoms with Crippen LogP contribution in [-0.2, 0) is 11.3 Å². The lowest BCUT2D eigenvalue weighted by Gasteiger charge is -2.12. The number of aromatic nitrogens is 2. The van der Waals surface area contributed by atoms with E-state index >= 15 is 0 Å². The minimum Gasteiger partial charge on any atom is -0.308 e. The molecule has 1 unspecified atom stereocenters. The van der Waals surface area contributed by atoms with Crippen molar-refractivity contribution in [3.63, 3.8) is 0 Å². The first kappa shape index (κ1) is 9.58. The van der Waals surface area contributed by atoms with Crippen LogP contribution in [0.2, 0.25) is 0 Å². The second kappa shape index (κ2) is 3.65. The third-order valence-corrected chi connectivity index (χ3v) is 2.71. The number of nitrogens with zero attached hydrogens (tertiary/aromatic N) is 3. The molecule has 1 aromatic rings. The molecular weight excluding hydrogens is 198 g/mol. The molecule has 0 bridgehead atoms. The summed E-state index contributed by atoms with van der Waals surface area (Å²) in [6, 6.07) is 0. The summed E-state index contributed by atoms with van der Waals surface area (Å²) in [5, 5.41) is 4.30. The van der Waals surface area contributed by atoms with Crippen molar-refractivity contribution in [2.24, 2.45) is 0 Å². The van der Waals surface area contributed by atoms with E-state index < -0.39 is 0 Å². The zero-order valence-corrected chi connectivity index (χ0v) is 8.94. The summed E-state index contributed by atoms with van der Waals surface area (Å²) in [6.45, 7) is 3.54. The van der Waals surface area contributed by atoms with Crippen molar-refractivity contribution in [1.82, 2.24) is 9.78 Å². The van der Waals surface area contributed by atoms with E-state index in [0.717, 1.165) is 12.2 Å². The van der Waals surface area contributed by atoms with Crippen LogP contribution in [0.3, 0.4) is 0 Å². The number of hydrogen-bond donors (Lipinski definition) is 1.